The van der Waals surface area contributed by atoms with Crippen molar-refractivity contribution in [3.05, 3.63) is 28.2 Å². The van der Waals surface area contributed by atoms with Crippen molar-refractivity contribution in [2.75, 3.05) is 38.2 Å². The third kappa shape index (κ3) is 3.68. The summed E-state index contributed by atoms with van der Waals surface area (Å²) in [6.45, 7) is 3.34. The van der Waals surface area contributed by atoms with E-state index in [0.717, 1.165) is 31.9 Å². The van der Waals surface area contributed by atoms with Gasteiger partial charge in [-0.15, -0.1) is 0 Å². The highest BCUT2D eigenvalue weighted by Gasteiger charge is 2.16. The Kier molecular flexibility index (Phi) is 4.79. The number of nitrogens with two attached hydrogens (primary N) is 1. The lowest BCUT2D eigenvalue weighted by Crippen LogP contribution is -2.44. The van der Waals surface area contributed by atoms with Crippen LogP contribution in [0.2, 0.25) is 0 Å². The summed E-state index contributed by atoms with van der Waals surface area (Å²) in [7, 11) is 2.00. The van der Waals surface area contributed by atoms with Gasteiger partial charge in [-0.3, -0.25) is 4.79 Å². The van der Waals surface area contributed by atoms with Crippen LogP contribution in [0, 0.1) is 0 Å². The number of nitrogens with zero attached hydrogens (tertiary/aromatic N) is 1. The summed E-state index contributed by atoms with van der Waals surface area (Å²) in [6.07, 6.45) is 0.188. The number of amides is 1. The fourth-order valence-electron chi connectivity index (χ4n) is 2.09. The zero-order chi connectivity index (χ0) is 13.8. The Hall–Kier alpha value is -1.11. The topological polar surface area (TPSA) is 67.6 Å². The van der Waals surface area contributed by atoms with Crippen LogP contribution in [0.15, 0.2) is 22.7 Å². The minimum atomic E-state index is -0.430. The van der Waals surface area contributed by atoms with Crippen molar-refractivity contribution in [2.24, 2.45) is 5.73 Å². The highest BCUT2D eigenvalue weighted by molar-refractivity contribution is 9.10. The Morgan fingerprint density at radius 3 is 3.00 bits per heavy atom. The predicted molar refractivity (Wildman–Crippen MR) is 78.5 cm³/mol. The number of benzene rings is 1. The summed E-state index contributed by atoms with van der Waals surface area (Å²) in [5.74, 6) is -0.430. The van der Waals surface area contributed by atoms with E-state index in [2.05, 4.69) is 26.1 Å². The van der Waals surface area contributed by atoms with E-state index in [4.69, 9.17) is 10.5 Å². The van der Waals surface area contributed by atoms with Gasteiger partial charge in [0.1, 0.15) is 0 Å². The number of carbonyl (C=O) groups is 1. The lowest BCUT2D eigenvalue weighted by molar-refractivity contribution is 0.0340. The number of nitrogens with one attached hydrogen (secondary N) is 1. The number of morpholine rings is 1. The summed E-state index contributed by atoms with van der Waals surface area (Å²) >= 11 is 3.37. The molecule has 1 aromatic carbocycles. The van der Waals surface area contributed by atoms with Gasteiger partial charge in [-0.1, -0.05) is 0 Å². The highest BCUT2D eigenvalue weighted by atomic mass is 79.9. The van der Waals surface area contributed by atoms with E-state index in [1.165, 1.54) is 0 Å². The number of ether oxygens (including phenoxy) is 1. The van der Waals surface area contributed by atoms with Crippen molar-refractivity contribution in [1.82, 2.24) is 5.32 Å². The molecular weight excluding hydrogens is 310 g/mol. The molecule has 0 bridgehead atoms. The molecule has 1 heterocycles. The number of primary amides is 1. The maximum Gasteiger partial charge on any atom is 0.249 e. The first-order valence-electron chi connectivity index (χ1n) is 6.20. The third-order valence-electron chi connectivity index (χ3n) is 3.14. The van der Waals surface area contributed by atoms with Crippen molar-refractivity contribution in [3.8, 4) is 0 Å². The van der Waals surface area contributed by atoms with Crippen molar-refractivity contribution >= 4 is 27.5 Å². The van der Waals surface area contributed by atoms with Gasteiger partial charge in [-0.2, -0.15) is 0 Å². The zero-order valence-electron chi connectivity index (χ0n) is 10.9. The first kappa shape index (κ1) is 14.3. The molecule has 104 valence electrons. The highest BCUT2D eigenvalue weighted by Crippen LogP contribution is 2.23. The Morgan fingerprint density at radius 1 is 1.63 bits per heavy atom. The Labute approximate surface area is 121 Å². The fraction of sp³-hybridized carbons (Fsp3) is 0.462. The number of hydrogen-bond donors (Lipinski definition) is 2. The van der Waals surface area contributed by atoms with Crippen molar-refractivity contribution in [3.63, 3.8) is 0 Å². The number of anilines is 1. The van der Waals surface area contributed by atoms with Crippen LogP contribution >= 0.6 is 15.9 Å². The van der Waals surface area contributed by atoms with E-state index in [9.17, 15) is 4.79 Å². The predicted octanol–water partition coefficient (Wildman–Crippen LogP) is 0.973. The second kappa shape index (κ2) is 6.36. The molecule has 3 N–H and O–H groups in total. The molecule has 2 rings (SSSR count). The van der Waals surface area contributed by atoms with Gasteiger partial charge in [-0.25, -0.2) is 0 Å². The molecule has 0 aromatic heterocycles. The zero-order valence-corrected chi connectivity index (χ0v) is 12.4. The van der Waals surface area contributed by atoms with Crippen LogP contribution < -0.4 is 16.0 Å². The molecule has 6 heteroatoms. The van der Waals surface area contributed by atoms with E-state index in [0.29, 0.717) is 10.0 Å². The molecule has 0 aliphatic carbocycles. The second-order valence-electron chi connectivity index (χ2n) is 4.61. The van der Waals surface area contributed by atoms with Crippen LogP contribution in [-0.2, 0) is 4.74 Å². The lowest BCUT2D eigenvalue weighted by Gasteiger charge is -2.29. The Morgan fingerprint density at radius 2 is 2.42 bits per heavy atom. The number of halogens is 1. The fourth-order valence-corrected chi connectivity index (χ4v) is 2.65. The van der Waals surface area contributed by atoms with E-state index in [1.54, 1.807) is 6.07 Å². The van der Waals surface area contributed by atoms with Gasteiger partial charge in [0.15, 0.2) is 0 Å². The van der Waals surface area contributed by atoms with Crippen LogP contribution in [0.5, 0.6) is 0 Å². The van der Waals surface area contributed by atoms with Crippen LogP contribution in [0.25, 0.3) is 0 Å². The van der Waals surface area contributed by atoms with Gasteiger partial charge in [0.2, 0.25) is 5.91 Å². The standard InChI is InChI=1S/C13H18BrN3O2/c1-17(8-10-7-16-4-5-19-10)9-2-3-11(13(15)18)12(14)6-9/h2-3,6,10,16H,4-5,7-8H2,1H3,(H2,15,18). The van der Waals surface area contributed by atoms with Gasteiger partial charge < -0.3 is 20.7 Å². The summed E-state index contributed by atoms with van der Waals surface area (Å²) in [5, 5.41) is 3.30. The normalized spacial score (nSPS) is 19.2. The second-order valence-corrected chi connectivity index (χ2v) is 5.46. The van der Waals surface area contributed by atoms with Gasteiger partial charge in [0.05, 0.1) is 18.3 Å². The summed E-state index contributed by atoms with van der Waals surface area (Å²) in [5.41, 5.74) is 6.79. The summed E-state index contributed by atoms with van der Waals surface area (Å²) in [6, 6.07) is 5.52. The van der Waals surface area contributed by atoms with E-state index in [1.807, 2.05) is 19.2 Å². The molecule has 1 saturated heterocycles. The quantitative estimate of drug-likeness (QED) is 0.864. The van der Waals surface area contributed by atoms with E-state index in [-0.39, 0.29) is 6.10 Å². The third-order valence-corrected chi connectivity index (χ3v) is 3.80. The number of likely N-dealkylation sites (N-methyl/N-ethyl adjacent to an activating group) is 1. The molecule has 1 fully saturated rings. The minimum absolute atomic E-state index is 0.188. The van der Waals surface area contributed by atoms with Crippen LogP contribution in [0.1, 0.15) is 10.4 Å². The van der Waals surface area contributed by atoms with Crippen LogP contribution in [0.3, 0.4) is 0 Å². The number of hydrogen-bond acceptors (Lipinski definition) is 4. The first-order valence-corrected chi connectivity index (χ1v) is 7.00. The molecule has 1 unspecified atom stereocenters. The maximum atomic E-state index is 11.2. The molecule has 0 saturated carbocycles. The first-order chi connectivity index (χ1) is 9.08. The molecule has 1 amide bonds. The molecule has 1 aliphatic rings. The molecule has 0 radical (unpaired) electrons. The smallest absolute Gasteiger partial charge is 0.249 e. The number of rotatable bonds is 4. The average Bonchev–Trinajstić information content (AvgIpc) is 2.39. The van der Waals surface area contributed by atoms with Gasteiger partial charge >= 0.3 is 0 Å². The lowest BCUT2D eigenvalue weighted by atomic mass is 10.2. The molecule has 5 nitrogen and oxygen atoms in total. The molecule has 1 aromatic rings. The van der Waals surface area contributed by atoms with Gasteiger partial charge in [-0.05, 0) is 34.1 Å². The molecule has 1 atom stereocenters. The van der Waals surface area contributed by atoms with Gasteiger partial charge in [0.25, 0.3) is 0 Å². The summed E-state index contributed by atoms with van der Waals surface area (Å²) in [4.78, 5) is 13.3. The molecular formula is C13H18BrN3O2. The molecule has 1 aliphatic heterocycles. The van der Waals surface area contributed by atoms with Crippen molar-refractivity contribution < 1.29 is 9.53 Å². The minimum Gasteiger partial charge on any atom is -0.374 e. The molecule has 0 spiro atoms. The van der Waals surface area contributed by atoms with Gasteiger partial charge in [0, 0.05) is 36.8 Å². The van der Waals surface area contributed by atoms with Crippen LogP contribution in [-0.4, -0.2) is 45.3 Å². The maximum absolute atomic E-state index is 11.2. The Balaban J connectivity index is 2.04. The molecule has 19 heavy (non-hydrogen) atoms. The van der Waals surface area contributed by atoms with Crippen LogP contribution in [0.4, 0.5) is 5.69 Å². The summed E-state index contributed by atoms with van der Waals surface area (Å²) < 4.78 is 6.39. The van der Waals surface area contributed by atoms with E-state index >= 15 is 0 Å². The SMILES string of the molecule is CN(CC1CNCCO1)c1ccc(C(N)=O)c(Br)c1. The van der Waals surface area contributed by atoms with E-state index < -0.39 is 5.91 Å². The Bertz CT molecular complexity index is 461. The average molecular weight is 328 g/mol. The number of carbonyl (C=O) groups excluding carboxylic acids is 1. The van der Waals surface area contributed by atoms with Crippen molar-refractivity contribution in [1.29, 1.82) is 0 Å². The monoisotopic (exact) mass is 327 g/mol. The largest absolute Gasteiger partial charge is 0.374 e. The van der Waals surface area contributed by atoms with Crippen molar-refractivity contribution in [2.45, 2.75) is 6.10 Å².